The number of hydrogen-bond acceptors (Lipinski definition) is 16. The lowest BCUT2D eigenvalue weighted by Crippen LogP contribution is -2.36. The van der Waals surface area contributed by atoms with Crippen molar-refractivity contribution in [2.45, 2.75) is 205 Å². The molecule has 0 spiro atoms. The second-order valence-electron chi connectivity index (χ2n) is 18.5. The molecule has 21 heteroatoms. The molecule has 0 radical (unpaired) electrons. The lowest BCUT2D eigenvalue weighted by molar-refractivity contribution is -0.161. The molecule has 0 saturated carbocycles. The Bertz CT molecular complexity index is 2120. The van der Waals surface area contributed by atoms with Gasteiger partial charge in [-0.05, 0) is 89.5 Å². The quantitative estimate of drug-likeness (QED) is 0.0153. The normalized spacial score (nSPS) is 19.8. The predicted molar refractivity (Wildman–Crippen MR) is 294 cm³/mol. The summed E-state index contributed by atoms with van der Waals surface area (Å²) in [7, 11) is -10.9. The van der Waals surface area contributed by atoms with E-state index in [9.17, 15) is 48.6 Å². The number of carbonyl (C=O) groups excluding carboxylic acids is 2. The number of allylic oxidation sites excluding steroid dienone is 13. The zero-order chi connectivity index (χ0) is 55.7. The highest BCUT2D eigenvalue weighted by molar-refractivity contribution is 7.61. The summed E-state index contributed by atoms with van der Waals surface area (Å²) in [5.74, 6) is -1.41. The van der Waals surface area contributed by atoms with E-state index in [-0.39, 0.29) is 18.7 Å². The van der Waals surface area contributed by atoms with Crippen molar-refractivity contribution < 1.29 is 71.4 Å². The maximum Gasteiger partial charge on any atom is 0.481 e. The number of phosphoric acid groups is 2. The van der Waals surface area contributed by atoms with Crippen molar-refractivity contribution in [3.05, 3.63) is 108 Å². The Morgan fingerprint density at radius 2 is 1.20 bits per heavy atom. The summed E-state index contributed by atoms with van der Waals surface area (Å²) < 4.78 is 56.8. The molecule has 7 N–H and O–H groups in total. The zero-order valence-electron chi connectivity index (χ0n) is 44.9. The molecule has 19 nitrogen and oxygen atoms in total. The van der Waals surface area contributed by atoms with Gasteiger partial charge < -0.3 is 45.1 Å². The summed E-state index contributed by atoms with van der Waals surface area (Å²) in [5.41, 5.74) is 4.58. The number of hydrogen-bond donors (Lipinski definition) is 6. The van der Waals surface area contributed by atoms with Gasteiger partial charge in [0.2, 0.25) is 0 Å². The monoisotopic (exact) mass is 1110 g/mol. The van der Waals surface area contributed by atoms with Crippen molar-refractivity contribution in [2.75, 3.05) is 25.6 Å². The lowest BCUT2D eigenvalue weighted by Gasteiger charge is -2.21. The second kappa shape index (κ2) is 41.9. The van der Waals surface area contributed by atoms with Gasteiger partial charge in [0.25, 0.3) is 0 Å². The van der Waals surface area contributed by atoms with Crippen molar-refractivity contribution in [1.82, 2.24) is 9.55 Å². The Kier molecular flexibility index (Phi) is 37.5. The highest BCUT2D eigenvalue weighted by atomic mass is 31.3. The molecule has 2 rings (SSSR count). The number of aromatic nitrogens is 2. The fourth-order valence-corrected chi connectivity index (χ4v) is 9.62. The largest absolute Gasteiger partial charge is 0.481 e. The molecule has 0 aliphatic carbocycles. The van der Waals surface area contributed by atoms with Crippen LogP contribution in [0, 0.1) is 0 Å². The van der Waals surface area contributed by atoms with Crippen LogP contribution in [0.1, 0.15) is 174 Å². The van der Waals surface area contributed by atoms with E-state index in [1.165, 1.54) is 31.7 Å². The molecule has 0 amide bonds. The Balaban J connectivity index is 1.81. The number of nitrogen functional groups attached to an aromatic ring is 1. The lowest BCUT2D eigenvalue weighted by atomic mass is 10.1. The predicted octanol–water partition coefficient (Wildman–Crippen LogP) is 10.8. The van der Waals surface area contributed by atoms with Crippen molar-refractivity contribution in [3.63, 3.8) is 0 Å². The summed E-state index contributed by atoms with van der Waals surface area (Å²) in [6.07, 6.45) is 42.8. The third-order valence-electron chi connectivity index (χ3n) is 11.8. The van der Waals surface area contributed by atoms with Gasteiger partial charge in [-0.2, -0.15) is 9.29 Å². The van der Waals surface area contributed by atoms with Crippen LogP contribution in [0.2, 0.25) is 0 Å². The molecule has 2 heterocycles. The van der Waals surface area contributed by atoms with Gasteiger partial charge in [0.1, 0.15) is 30.7 Å². The number of aliphatic hydroxyl groups is 3. The minimum absolute atomic E-state index is 0.0500. The van der Waals surface area contributed by atoms with Gasteiger partial charge in [-0.3, -0.25) is 23.2 Å². The second-order valence-corrected chi connectivity index (χ2v) is 21.6. The number of phosphoric ester groups is 2. The Hall–Kier alpha value is -4.10. The summed E-state index contributed by atoms with van der Waals surface area (Å²) >= 11 is 0. The Morgan fingerprint density at radius 3 is 1.79 bits per heavy atom. The number of esters is 2. The van der Waals surface area contributed by atoms with E-state index in [4.69, 9.17) is 29.0 Å². The minimum Gasteiger partial charge on any atom is -0.462 e. The minimum atomic E-state index is -5.45. The van der Waals surface area contributed by atoms with Crippen LogP contribution in [-0.2, 0) is 46.3 Å². The third kappa shape index (κ3) is 33.9. The molecule has 0 aromatic carbocycles. The number of carbonyl (C=O) groups is 2. The van der Waals surface area contributed by atoms with Gasteiger partial charge in [0, 0.05) is 19.0 Å². The Morgan fingerprint density at radius 1 is 0.684 bits per heavy atom. The molecular weight excluding hydrogens is 1020 g/mol. The molecule has 0 bridgehead atoms. The van der Waals surface area contributed by atoms with Crippen molar-refractivity contribution >= 4 is 33.4 Å². The van der Waals surface area contributed by atoms with Crippen LogP contribution in [0.3, 0.4) is 0 Å². The van der Waals surface area contributed by atoms with Gasteiger partial charge in [0.15, 0.2) is 12.3 Å². The first kappa shape index (κ1) is 68.0. The van der Waals surface area contributed by atoms with E-state index in [0.29, 0.717) is 25.7 Å². The van der Waals surface area contributed by atoms with Crippen molar-refractivity contribution in [2.24, 2.45) is 0 Å². The number of anilines is 1. The standard InChI is InChI=1S/C55H89N3O16P2/c1-3-5-7-8-9-10-11-12-13-14-15-16-17-18-19-23-26-29-32-35-39-50(60)69-43-47(72-51(61)40-36-33-30-27-24-21-20-22-25-28-31-34-38-46(59)37-6-4-2)44-70-75(65,66)74-76(67,68)71-45-48-52(62)53(63)54(73-48)58-42-41-49(56)57-55(58)64/h10-11,13-14,16-17,20-21,25,27-28,30,34,38,41-42,46-48,52-54,59,62-63H,3-9,12,15,18-19,22-24,26,29,31-33,35-37,39-40,43-45H2,1-2H3,(H,65,66)(H,67,68)(H2,56,57,64)/b11-10-,14-13-,17-16-,21-20-,28-25-,30-27-,38-34-/t46-,47-,48-,52-,53-,54-/m1/s1. The average Bonchev–Trinajstić information content (AvgIpc) is 3.66. The fourth-order valence-electron chi connectivity index (χ4n) is 7.51. The van der Waals surface area contributed by atoms with Gasteiger partial charge in [-0.15, -0.1) is 0 Å². The van der Waals surface area contributed by atoms with Crippen LogP contribution >= 0.6 is 15.6 Å². The highest BCUT2D eigenvalue weighted by Crippen LogP contribution is 2.60. The molecule has 1 saturated heterocycles. The first-order chi connectivity index (χ1) is 36.6. The highest BCUT2D eigenvalue weighted by Gasteiger charge is 2.46. The van der Waals surface area contributed by atoms with E-state index in [0.717, 1.165) is 101 Å². The molecule has 2 unspecified atom stereocenters. The number of rotatable bonds is 44. The van der Waals surface area contributed by atoms with Crippen LogP contribution in [0.25, 0.3) is 0 Å². The first-order valence-electron chi connectivity index (χ1n) is 27.2. The smallest absolute Gasteiger partial charge is 0.462 e. The van der Waals surface area contributed by atoms with E-state index in [1.54, 1.807) is 0 Å². The summed E-state index contributed by atoms with van der Waals surface area (Å²) in [6.45, 7) is 1.92. The van der Waals surface area contributed by atoms with Crippen LogP contribution in [0.4, 0.5) is 5.82 Å². The van der Waals surface area contributed by atoms with Gasteiger partial charge >= 0.3 is 33.3 Å². The maximum absolute atomic E-state index is 12.9. The topological polar surface area (TPSA) is 286 Å². The van der Waals surface area contributed by atoms with E-state index < -0.39 is 89.8 Å². The molecule has 1 aliphatic rings. The number of aliphatic hydroxyl groups excluding tert-OH is 3. The van der Waals surface area contributed by atoms with Crippen LogP contribution in [0.15, 0.2) is 102 Å². The molecule has 1 aliphatic heterocycles. The average molecular weight is 1110 g/mol. The van der Waals surface area contributed by atoms with Crippen LogP contribution in [-0.4, -0.2) is 96.9 Å². The van der Waals surface area contributed by atoms with Crippen molar-refractivity contribution in [1.29, 1.82) is 0 Å². The molecular formula is C55H89N3O16P2. The summed E-state index contributed by atoms with van der Waals surface area (Å²) in [5, 5.41) is 30.8. The molecule has 1 aromatic rings. The molecule has 76 heavy (non-hydrogen) atoms. The summed E-state index contributed by atoms with van der Waals surface area (Å²) in [6, 6.07) is 1.24. The molecule has 1 fully saturated rings. The van der Waals surface area contributed by atoms with Crippen LogP contribution < -0.4 is 11.4 Å². The molecule has 8 atom stereocenters. The van der Waals surface area contributed by atoms with Gasteiger partial charge in [-0.25, -0.2) is 13.9 Å². The Labute approximate surface area is 450 Å². The van der Waals surface area contributed by atoms with E-state index >= 15 is 0 Å². The van der Waals surface area contributed by atoms with Crippen LogP contribution in [0.5, 0.6) is 0 Å². The fraction of sp³-hybridized carbons (Fsp3) is 0.636. The third-order valence-corrected chi connectivity index (χ3v) is 14.4. The zero-order valence-corrected chi connectivity index (χ0v) is 46.7. The number of unbranched alkanes of at least 4 members (excludes halogenated alkanes) is 12. The van der Waals surface area contributed by atoms with Crippen molar-refractivity contribution in [3.8, 4) is 0 Å². The van der Waals surface area contributed by atoms with Gasteiger partial charge in [0.05, 0.1) is 19.3 Å². The number of nitrogens with two attached hydrogens (primary N) is 1. The number of nitrogens with zero attached hydrogens (tertiary/aromatic N) is 2. The number of ether oxygens (including phenoxy) is 3. The molecule has 1 aromatic heterocycles. The maximum atomic E-state index is 12.9. The van der Waals surface area contributed by atoms with E-state index in [2.05, 4.69) is 65.7 Å². The van der Waals surface area contributed by atoms with Gasteiger partial charge in [-0.1, -0.05) is 157 Å². The summed E-state index contributed by atoms with van der Waals surface area (Å²) in [4.78, 5) is 62.0. The first-order valence-corrected chi connectivity index (χ1v) is 30.2. The SMILES string of the molecule is CCCCCC/C=C\C/C=C\C/C=C\CCCCCCCCC(=O)OC[C@H](COP(=O)(O)OP(=O)(O)OC[C@H]1O[C@@H](n2ccc(N)nc2=O)[C@H](O)[C@@H]1O)OC(=O)CCC/C=C\C/C=C\C/C=C\C/C=C\[C@H](O)CCCC. The molecule has 430 valence electrons. The van der Waals surface area contributed by atoms with E-state index in [1.807, 2.05) is 42.5 Å².